The molecule has 0 radical (unpaired) electrons. The number of hydrogen-bond donors (Lipinski definition) is 1. The Balaban J connectivity index is 1.39. The van der Waals surface area contributed by atoms with Crippen LogP contribution >= 0.6 is 58.2 Å². The molecule has 0 atom stereocenters. The molecule has 264 valence electrons. The average Bonchev–Trinajstić information content (AvgIpc) is 3.13. The van der Waals surface area contributed by atoms with Gasteiger partial charge in [-0.25, -0.2) is 0 Å². The number of benzene rings is 4. The van der Waals surface area contributed by atoms with Crippen molar-refractivity contribution in [3.8, 4) is 5.75 Å². The molecule has 3 amide bonds. The van der Waals surface area contributed by atoms with Crippen molar-refractivity contribution in [3.63, 3.8) is 0 Å². The Bertz CT molecular complexity index is 2060. The van der Waals surface area contributed by atoms with Crippen LogP contribution in [0.15, 0.2) is 138 Å². The monoisotopic (exact) mass is 789 g/mol. The van der Waals surface area contributed by atoms with E-state index >= 15 is 0 Å². The third-order valence-electron chi connectivity index (χ3n) is 7.63. The van der Waals surface area contributed by atoms with E-state index in [1.807, 2.05) is 60.7 Å². The van der Waals surface area contributed by atoms with Crippen LogP contribution < -0.4 is 10.1 Å². The summed E-state index contributed by atoms with van der Waals surface area (Å²) in [5, 5.41) is 4.33. The second-order valence-electron chi connectivity index (χ2n) is 11.2. The zero-order valence-corrected chi connectivity index (χ0v) is 31.5. The van der Waals surface area contributed by atoms with Gasteiger partial charge in [-0.1, -0.05) is 150 Å². The fraction of sp³-hybridized carbons (Fsp3) is 0.100. The summed E-state index contributed by atoms with van der Waals surface area (Å²) < 4.78 is 5.86. The van der Waals surface area contributed by atoms with Crippen molar-refractivity contribution in [2.75, 3.05) is 5.75 Å². The van der Waals surface area contributed by atoms with Crippen LogP contribution in [0.25, 0.3) is 6.08 Å². The lowest BCUT2D eigenvalue weighted by Gasteiger charge is -2.28. The number of carbonyl (C=O) groups is 3. The van der Waals surface area contributed by atoms with Crippen LogP contribution in [0.5, 0.6) is 5.75 Å². The minimum Gasteiger partial charge on any atom is -0.486 e. The maximum absolute atomic E-state index is 14.1. The molecule has 0 fully saturated rings. The van der Waals surface area contributed by atoms with E-state index in [0.717, 1.165) is 22.9 Å². The zero-order valence-electron chi connectivity index (χ0n) is 27.7. The number of allylic oxidation sites excluding steroid dienone is 4. The number of amides is 3. The van der Waals surface area contributed by atoms with Crippen molar-refractivity contribution in [1.29, 1.82) is 0 Å². The van der Waals surface area contributed by atoms with Crippen molar-refractivity contribution in [2.45, 2.75) is 19.6 Å². The molecule has 4 aromatic rings. The SMILES string of the molecule is C=C/C=C\C(=C/C)N1C(=O)/C(=C/c2cc(Cl)c(OCc3ccc(Cl)cc3Cl)c(Cl)c2)C(=O)N=C1SCC(=O)NC(c1ccccc1)c1ccccc1. The quantitative estimate of drug-likeness (QED) is 0.0877. The maximum Gasteiger partial charge on any atom is 0.285 e. The molecule has 5 rings (SSSR count). The topological polar surface area (TPSA) is 88.1 Å². The lowest BCUT2D eigenvalue weighted by atomic mass is 9.99. The Labute approximate surface area is 326 Å². The van der Waals surface area contributed by atoms with Crippen LogP contribution in [-0.4, -0.2) is 33.5 Å². The van der Waals surface area contributed by atoms with E-state index in [4.69, 9.17) is 51.1 Å². The van der Waals surface area contributed by atoms with Gasteiger partial charge >= 0.3 is 0 Å². The first kappa shape index (κ1) is 38.7. The molecule has 1 aliphatic heterocycles. The molecular weight excluding hydrogens is 760 g/mol. The number of hydrogen-bond acceptors (Lipinski definition) is 5. The summed E-state index contributed by atoms with van der Waals surface area (Å²) in [6, 6.07) is 26.8. The fourth-order valence-corrected chi connectivity index (χ4v) is 7.03. The molecule has 0 spiro atoms. The molecule has 7 nitrogen and oxygen atoms in total. The van der Waals surface area contributed by atoms with Gasteiger partial charge in [-0.05, 0) is 60.0 Å². The first-order valence-electron chi connectivity index (χ1n) is 15.8. The molecule has 0 bridgehead atoms. The van der Waals surface area contributed by atoms with Crippen molar-refractivity contribution < 1.29 is 19.1 Å². The van der Waals surface area contributed by atoms with Gasteiger partial charge in [0.15, 0.2) is 10.9 Å². The largest absolute Gasteiger partial charge is 0.486 e. The summed E-state index contributed by atoms with van der Waals surface area (Å²) in [5.41, 5.74) is 3.03. The van der Waals surface area contributed by atoms with E-state index in [1.54, 1.807) is 49.4 Å². The van der Waals surface area contributed by atoms with Crippen molar-refractivity contribution in [3.05, 3.63) is 175 Å². The maximum atomic E-state index is 14.1. The van der Waals surface area contributed by atoms with Gasteiger partial charge in [-0.2, -0.15) is 4.99 Å². The zero-order chi connectivity index (χ0) is 37.2. The average molecular weight is 792 g/mol. The first-order valence-corrected chi connectivity index (χ1v) is 18.3. The molecule has 0 unspecified atom stereocenters. The van der Waals surface area contributed by atoms with Gasteiger partial charge in [0.2, 0.25) is 5.91 Å². The number of halogens is 4. The summed E-state index contributed by atoms with van der Waals surface area (Å²) in [6.45, 7) is 5.52. The Kier molecular flexibility index (Phi) is 13.6. The summed E-state index contributed by atoms with van der Waals surface area (Å²) in [4.78, 5) is 46.5. The fourth-order valence-electron chi connectivity index (χ4n) is 5.15. The van der Waals surface area contributed by atoms with E-state index in [0.29, 0.717) is 26.9 Å². The highest BCUT2D eigenvalue weighted by Crippen LogP contribution is 2.37. The Hall–Kier alpha value is -4.57. The lowest BCUT2D eigenvalue weighted by molar-refractivity contribution is -0.126. The Morgan fingerprint density at radius 3 is 2.13 bits per heavy atom. The number of nitrogens with one attached hydrogen (secondary N) is 1. The number of amidine groups is 1. The van der Waals surface area contributed by atoms with Crippen molar-refractivity contribution in [2.24, 2.45) is 4.99 Å². The number of nitrogens with zero attached hydrogens (tertiary/aromatic N) is 2. The van der Waals surface area contributed by atoms with Crippen LogP contribution in [0.1, 0.15) is 35.2 Å². The molecule has 0 saturated heterocycles. The summed E-state index contributed by atoms with van der Waals surface area (Å²) >= 11 is 26.3. The predicted octanol–water partition coefficient (Wildman–Crippen LogP) is 10.3. The van der Waals surface area contributed by atoms with Gasteiger partial charge < -0.3 is 10.1 Å². The summed E-state index contributed by atoms with van der Waals surface area (Å²) in [5.74, 6) is -1.69. The molecule has 0 saturated carbocycles. The van der Waals surface area contributed by atoms with Crippen LogP contribution in [0.4, 0.5) is 0 Å². The van der Waals surface area contributed by atoms with Crippen molar-refractivity contribution in [1.82, 2.24) is 10.2 Å². The normalized spacial score (nSPS) is 14.3. The van der Waals surface area contributed by atoms with Crippen LogP contribution in [0.2, 0.25) is 20.1 Å². The number of aliphatic imine (C=N–C) groups is 1. The third kappa shape index (κ3) is 9.64. The molecule has 4 aromatic carbocycles. The number of carbonyl (C=O) groups excluding carboxylic acids is 3. The third-order valence-corrected chi connectivity index (χ3v) is 9.72. The molecule has 12 heteroatoms. The number of rotatable bonds is 12. The minimum atomic E-state index is -0.788. The Morgan fingerprint density at radius 2 is 1.56 bits per heavy atom. The van der Waals surface area contributed by atoms with Gasteiger partial charge in [0.1, 0.15) is 12.2 Å². The van der Waals surface area contributed by atoms with Gasteiger partial charge in [0, 0.05) is 21.3 Å². The highest BCUT2D eigenvalue weighted by atomic mass is 35.5. The summed E-state index contributed by atoms with van der Waals surface area (Å²) in [6.07, 6.45) is 7.91. The van der Waals surface area contributed by atoms with Gasteiger partial charge in [-0.3, -0.25) is 19.3 Å². The minimum absolute atomic E-state index is 0.0424. The highest BCUT2D eigenvalue weighted by molar-refractivity contribution is 8.14. The molecular formula is C40H31Cl4N3O4S. The standard InChI is InChI=1S/C40H31Cl4N3O4S/c1-3-5-16-30(4-2)47-39(50)31(19-25-20-33(43)37(34(44)21-25)51-23-28-17-18-29(41)22-32(28)42)38(49)46-40(47)52-24-35(48)45-36(26-12-8-6-9-13-26)27-14-10-7-11-15-27/h3-22,36H,1,23-24H2,2H3,(H,45,48)/b16-5-,30-4+,31-19+. The smallest absolute Gasteiger partial charge is 0.285 e. The first-order chi connectivity index (χ1) is 25.1. The van der Waals surface area contributed by atoms with Crippen LogP contribution in [0, 0.1) is 0 Å². The van der Waals surface area contributed by atoms with E-state index in [-0.39, 0.29) is 44.8 Å². The predicted molar refractivity (Wildman–Crippen MR) is 213 cm³/mol. The second kappa shape index (κ2) is 18.3. The van der Waals surface area contributed by atoms with Gasteiger partial charge in [-0.15, -0.1) is 0 Å². The van der Waals surface area contributed by atoms with Gasteiger partial charge in [0.25, 0.3) is 11.8 Å². The van der Waals surface area contributed by atoms with E-state index in [9.17, 15) is 14.4 Å². The summed E-state index contributed by atoms with van der Waals surface area (Å²) in [7, 11) is 0. The number of thioether (sulfide) groups is 1. The second-order valence-corrected chi connectivity index (χ2v) is 13.8. The van der Waals surface area contributed by atoms with E-state index < -0.39 is 17.9 Å². The molecule has 1 aliphatic rings. The lowest BCUT2D eigenvalue weighted by Crippen LogP contribution is -2.42. The Morgan fingerprint density at radius 1 is 0.923 bits per heavy atom. The van der Waals surface area contributed by atoms with E-state index in [1.165, 1.54) is 23.1 Å². The van der Waals surface area contributed by atoms with Crippen LogP contribution in [0.3, 0.4) is 0 Å². The highest BCUT2D eigenvalue weighted by Gasteiger charge is 2.35. The molecule has 1 N–H and O–H groups in total. The molecule has 1 heterocycles. The number of ether oxygens (including phenoxy) is 1. The van der Waals surface area contributed by atoms with Crippen molar-refractivity contribution >= 4 is 87.1 Å². The molecule has 0 aromatic heterocycles. The molecule has 52 heavy (non-hydrogen) atoms. The van der Waals surface area contributed by atoms with E-state index in [2.05, 4.69) is 16.9 Å². The molecule has 0 aliphatic carbocycles. The van der Waals surface area contributed by atoms with Crippen LogP contribution in [-0.2, 0) is 21.0 Å². The van der Waals surface area contributed by atoms with Gasteiger partial charge in [0.05, 0.1) is 21.8 Å².